The second kappa shape index (κ2) is 5.88. The number of benzene rings is 1. The Kier molecular flexibility index (Phi) is 4.42. The number of piperidine rings is 1. The van der Waals surface area contributed by atoms with Crippen LogP contribution in [-0.2, 0) is 11.3 Å². The minimum Gasteiger partial charge on any atom is -0.481 e. The Morgan fingerprint density at radius 2 is 2.26 bits per heavy atom. The molecule has 1 aromatic carbocycles. The molecule has 104 valence electrons. The lowest BCUT2D eigenvalue weighted by atomic mass is 9.93. The normalized spacial score (nSPS) is 24.4. The topological polar surface area (TPSA) is 40.5 Å². The zero-order chi connectivity index (χ0) is 14.0. The molecule has 1 heterocycles. The van der Waals surface area contributed by atoms with Crippen LogP contribution in [0.15, 0.2) is 18.2 Å². The minimum absolute atomic E-state index is 0.269. The fraction of sp³-hybridized carbons (Fsp3) is 0.500. The summed E-state index contributed by atoms with van der Waals surface area (Å²) in [4.78, 5) is 13.1. The van der Waals surface area contributed by atoms with Crippen LogP contribution < -0.4 is 0 Å². The molecule has 1 N–H and O–H groups in total. The first-order valence-corrected chi connectivity index (χ1v) is 6.76. The first-order chi connectivity index (χ1) is 8.97. The van der Waals surface area contributed by atoms with Gasteiger partial charge >= 0.3 is 5.97 Å². The van der Waals surface area contributed by atoms with Gasteiger partial charge in [0.15, 0.2) is 0 Å². The summed E-state index contributed by atoms with van der Waals surface area (Å²) in [6.07, 6.45) is 1.52. The van der Waals surface area contributed by atoms with Gasteiger partial charge in [-0.15, -0.1) is 0 Å². The van der Waals surface area contributed by atoms with E-state index in [4.69, 9.17) is 16.7 Å². The first kappa shape index (κ1) is 14.3. The molecule has 0 spiro atoms. The summed E-state index contributed by atoms with van der Waals surface area (Å²) in [5, 5.41) is 9.45. The Balaban J connectivity index is 2.09. The van der Waals surface area contributed by atoms with E-state index in [0.29, 0.717) is 30.1 Å². The van der Waals surface area contributed by atoms with E-state index in [1.54, 1.807) is 12.1 Å². The fourth-order valence-electron chi connectivity index (χ4n) is 2.47. The van der Waals surface area contributed by atoms with Crippen LogP contribution in [0.2, 0.25) is 5.02 Å². The van der Waals surface area contributed by atoms with E-state index in [9.17, 15) is 9.18 Å². The minimum atomic E-state index is -0.770. The second-order valence-corrected chi connectivity index (χ2v) is 5.56. The van der Waals surface area contributed by atoms with Crippen LogP contribution in [0.25, 0.3) is 0 Å². The molecule has 0 radical (unpaired) electrons. The van der Waals surface area contributed by atoms with Gasteiger partial charge in [0.25, 0.3) is 0 Å². The van der Waals surface area contributed by atoms with Gasteiger partial charge in [0.05, 0.1) is 5.92 Å². The van der Waals surface area contributed by atoms with Crippen molar-refractivity contribution >= 4 is 17.6 Å². The highest BCUT2D eigenvalue weighted by atomic mass is 35.5. The molecule has 1 fully saturated rings. The third-order valence-electron chi connectivity index (χ3n) is 3.75. The summed E-state index contributed by atoms with van der Waals surface area (Å²) in [7, 11) is 0. The van der Waals surface area contributed by atoms with Crippen LogP contribution in [-0.4, -0.2) is 28.6 Å². The smallest absolute Gasteiger partial charge is 0.307 e. The van der Waals surface area contributed by atoms with Gasteiger partial charge in [0.1, 0.15) is 5.82 Å². The van der Waals surface area contributed by atoms with Crippen LogP contribution in [0.5, 0.6) is 0 Å². The molecule has 1 aliphatic heterocycles. The average molecular weight is 286 g/mol. The van der Waals surface area contributed by atoms with Crippen LogP contribution >= 0.6 is 11.6 Å². The molecule has 2 unspecified atom stereocenters. The van der Waals surface area contributed by atoms with Crippen molar-refractivity contribution in [3.63, 3.8) is 0 Å². The summed E-state index contributed by atoms with van der Waals surface area (Å²) in [6, 6.07) is 4.88. The van der Waals surface area contributed by atoms with Gasteiger partial charge in [0.2, 0.25) is 0 Å². The van der Waals surface area contributed by atoms with Gasteiger partial charge in [0, 0.05) is 29.7 Å². The quantitative estimate of drug-likeness (QED) is 0.927. The molecule has 0 amide bonds. The number of aliphatic carboxylic acids is 1. The molecule has 2 atom stereocenters. The monoisotopic (exact) mass is 285 g/mol. The molecule has 0 saturated carbocycles. The predicted octanol–water partition coefficient (Wildman–Crippen LogP) is 3.16. The Morgan fingerprint density at radius 3 is 2.89 bits per heavy atom. The third kappa shape index (κ3) is 3.45. The van der Waals surface area contributed by atoms with Gasteiger partial charge in [-0.25, -0.2) is 4.39 Å². The van der Waals surface area contributed by atoms with E-state index in [1.165, 1.54) is 6.07 Å². The van der Waals surface area contributed by atoms with E-state index >= 15 is 0 Å². The standard InChI is InChI=1S/C14H17ClFNO2/c1-9-2-3-11(14(18)19)8-17(9)7-10-4-5-12(15)6-13(10)16/h4-6,9,11H,2-3,7-8H2,1H3,(H,18,19). The van der Waals surface area contributed by atoms with Gasteiger partial charge in [-0.3, -0.25) is 9.69 Å². The molecule has 1 aromatic rings. The number of hydrogen-bond donors (Lipinski definition) is 1. The van der Waals surface area contributed by atoms with Crippen molar-refractivity contribution < 1.29 is 14.3 Å². The van der Waals surface area contributed by atoms with Crippen molar-refractivity contribution in [2.45, 2.75) is 32.4 Å². The lowest BCUT2D eigenvalue weighted by molar-refractivity contribution is -0.144. The molecule has 0 aromatic heterocycles. The van der Waals surface area contributed by atoms with Gasteiger partial charge in [-0.1, -0.05) is 17.7 Å². The Labute approximate surface area is 117 Å². The van der Waals surface area contributed by atoms with Crippen molar-refractivity contribution in [3.05, 3.63) is 34.6 Å². The molecule has 1 saturated heterocycles. The van der Waals surface area contributed by atoms with E-state index < -0.39 is 5.97 Å². The Bertz CT molecular complexity index is 481. The maximum Gasteiger partial charge on any atom is 0.307 e. The molecule has 0 bridgehead atoms. The maximum absolute atomic E-state index is 13.8. The average Bonchev–Trinajstić information content (AvgIpc) is 2.34. The zero-order valence-corrected chi connectivity index (χ0v) is 11.5. The van der Waals surface area contributed by atoms with Crippen LogP contribution in [0.3, 0.4) is 0 Å². The van der Waals surface area contributed by atoms with Gasteiger partial charge in [-0.05, 0) is 31.9 Å². The molecule has 2 rings (SSSR count). The van der Waals surface area contributed by atoms with Crippen LogP contribution in [0.4, 0.5) is 4.39 Å². The first-order valence-electron chi connectivity index (χ1n) is 6.38. The fourth-order valence-corrected chi connectivity index (χ4v) is 2.63. The van der Waals surface area contributed by atoms with Crippen molar-refractivity contribution in [3.8, 4) is 0 Å². The Hall–Kier alpha value is -1.13. The van der Waals surface area contributed by atoms with E-state index in [0.717, 1.165) is 6.42 Å². The SMILES string of the molecule is CC1CCC(C(=O)O)CN1Cc1ccc(Cl)cc1F. The van der Waals surface area contributed by atoms with E-state index in [-0.39, 0.29) is 17.8 Å². The third-order valence-corrected chi connectivity index (χ3v) is 3.98. The highest BCUT2D eigenvalue weighted by Gasteiger charge is 2.29. The molecule has 1 aliphatic rings. The van der Waals surface area contributed by atoms with Crippen molar-refractivity contribution in [1.29, 1.82) is 0 Å². The summed E-state index contributed by atoms with van der Waals surface area (Å²) in [6.45, 7) is 2.94. The van der Waals surface area contributed by atoms with Crippen molar-refractivity contribution in [2.24, 2.45) is 5.92 Å². The second-order valence-electron chi connectivity index (χ2n) is 5.13. The zero-order valence-electron chi connectivity index (χ0n) is 10.8. The summed E-state index contributed by atoms with van der Waals surface area (Å²) >= 11 is 5.72. The highest BCUT2D eigenvalue weighted by molar-refractivity contribution is 6.30. The van der Waals surface area contributed by atoms with E-state index in [1.807, 2.05) is 11.8 Å². The number of rotatable bonds is 3. The summed E-state index contributed by atoms with van der Waals surface area (Å²) in [5.74, 6) is -1.46. The maximum atomic E-state index is 13.8. The van der Waals surface area contributed by atoms with Gasteiger partial charge < -0.3 is 5.11 Å². The number of nitrogens with zero attached hydrogens (tertiary/aromatic N) is 1. The van der Waals surface area contributed by atoms with Gasteiger partial charge in [-0.2, -0.15) is 0 Å². The lowest BCUT2D eigenvalue weighted by Crippen LogP contribution is -2.43. The van der Waals surface area contributed by atoms with Crippen LogP contribution in [0, 0.1) is 11.7 Å². The molecule has 3 nitrogen and oxygen atoms in total. The lowest BCUT2D eigenvalue weighted by Gasteiger charge is -2.36. The largest absolute Gasteiger partial charge is 0.481 e. The van der Waals surface area contributed by atoms with Crippen molar-refractivity contribution in [2.75, 3.05) is 6.54 Å². The highest BCUT2D eigenvalue weighted by Crippen LogP contribution is 2.25. The molecule has 19 heavy (non-hydrogen) atoms. The number of carbonyl (C=O) groups is 1. The number of carboxylic acid groups (broad SMARTS) is 1. The number of halogens is 2. The Morgan fingerprint density at radius 1 is 1.53 bits per heavy atom. The summed E-state index contributed by atoms with van der Waals surface area (Å²) < 4.78 is 13.8. The van der Waals surface area contributed by atoms with E-state index in [2.05, 4.69) is 0 Å². The summed E-state index contributed by atoms with van der Waals surface area (Å²) in [5.41, 5.74) is 0.558. The molecule has 5 heteroatoms. The van der Waals surface area contributed by atoms with Crippen molar-refractivity contribution in [1.82, 2.24) is 4.90 Å². The number of hydrogen-bond acceptors (Lipinski definition) is 2. The van der Waals surface area contributed by atoms with Crippen LogP contribution in [0.1, 0.15) is 25.3 Å². The number of likely N-dealkylation sites (tertiary alicyclic amines) is 1. The molecule has 0 aliphatic carbocycles. The predicted molar refractivity (Wildman–Crippen MR) is 71.6 cm³/mol. The molecular weight excluding hydrogens is 269 g/mol. The molecular formula is C14H17ClFNO2. The number of carboxylic acids is 1.